The van der Waals surface area contributed by atoms with Crippen molar-refractivity contribution >= 4 is 128 Å². The first-order valence-electron chi connectivity index (χ1n) is 54.5. The van der Waals surface area contributed by atoms with E-state index in [-0.39, 0.29) is 30.8 Å². The van der Waals surface area contributed by atoms with E-state index in [1.807, 2.05) is 144 Å². The predicted molar refractivity (Wildman–Crippen MR) is 585 cm³/mol. The molecule has 0 fully saturated rings. The Morgan fingerprint density at radius 3 is 0.910 bits per heavy atom. The van der Waals surface area contributed by atoms with E-state index in [1.54, 1.807) is 22.2 Å². The molecule has 710 valence electrons. The summed E-state index contributed by atoms with van der Waals surface area (Å²) in [6, 6.07) is 78.3. The quantitative estimate of drug-likeness (QED) is 0.142. The van der Waals surface area contributed by atoms with Crippen LogP contribution in [-0.2, 0) is 32.1 Å². The standard InChI is InChI=1S/2C28H23N5.C24H22N4.C22H24N4.C20H20N4/c2*1-18-21-11-6-7-12-22(21)27-23(17-25-29-15-16-31(25)27)26(18)33-19(2)32(20-9-4-3-5-10-20)28-24(33)13-8-14-30-28;1-15-17-8-4-5-9-18(17)24-19(14-22-25-12-13-27(22)24)23(15)28-16(2)26(3)20-10-6-7-11-21(20)28;1-14(2)24-11-12-25(16(24)4)21-15(3)17-7-5-6-8-18(17)22-19(21)13-20-23-9-10-26(20)22;1-13-15-6-4-5-7-16(15)20-17(12-18-21-8-9-24(18)20)19(13)23-11-10-22(3)14(23)2/h2*3-16,19H,17H2,1-2H3;4-13,16H,14H2,1-3H3;5-12,14,16H,13H2,1-4H3;4-11,14H,12H2,1-3H3/t2*19-;2*16-;14-/m00000/s1/i;;3D3;1D3,14D;3D3/t;;m;14?,16-;m. The zero-order valence-corrected chi connectivity index (χ0v) is 81.9. The van der Waals surface area contributed by atoms with Crippen molar-refractivity contribution in [1.82, 2.24) is 67.5 Å². The van der Waals surface area contributed by atoms with Gasteiger partial charge in [-0.1, -0.05) is 170 Å². The van der Waals surface area contributed by atoms with Crippen molar-refractivity contribution < 1.29 is 13.7 Å². The fourth-order valence-corrected chi connectivity index (χ4v) is 24.9. The van der Waals surface area contributed by atoms with Gasteiger partial charge < -0.3 is 71.8 Å². The maximum absolute atomic E-state index is 8.55. The molecule has 0 spiro atoms. The number of anilines is 13. The molecule has 0 saturated heterocycles. The maximum Gasteiger partial charge on any atom is 0.158 e. The molecule has 10 aliphatic heterocycles. The maximum atomic E-state index is 8.55. The molecular formula is C122H112N22. The molecule has 6 atom stereocenters. The van der Waals surface area contributed by atoms with Crippen molar-refractivity contribution in [2.45, 2.75) is 152 Å². The summed E-state index contributed by atoms with van der Waals surface area (Å²) in [5.74, 6) is 7.22. The minimum Gasteiger partial charge on any atom is -0.359 e. The van der Waals surface area contributed by atoms with Crippen molar-refractivity contribution in [1.29, 1.82) is 0 Å². The summed E-state index contributed by atoms with van der Waals surface area (Å²) in [5, 5.41) is 12.2. The van der Waals surface area contributed by atoms with E-state index in [0.717, 1.165) is 158 Å². The lowest BCUT2D eigenvalue weighted by atomic mass is 9.95. The normalized spacial score (nSPS) is 18.9. The molecule has 20 aromatic rings. The Labute approximate surface area is 852 Å². The number of para-hydroxylation sites is 4. The third-order valence-corrected chi connectivity index (χ3v) is 31.3. The van der Waals surface area contributed by atoms with Crippen LogP contribution < -0.4 is 39.2 Å². The molecule has 0 radical (unpaired) electrons. The Balaban J connectivity index is 0.0000000965. The predicted octanol–water partition coefficient (Wildman–Crippen LogP) is 26.1. The number of aromatic nitrogens is 12. The van der Waals surface area contributed by atoms with Gasteiger partial charge in [0.15, 0.2) is 11.6 Å². The second-order valence-electron chi connectivity index (χ2n) is 38.7. The number of aryl methyl sites for hydroxylation is 5. The zero-order valence-electron chi connectivity index (χ0n) is 91.9. The van der Waals surface area contributed by atoms with Gasteiger partial charge in [-0.15, -0.1) is 0 Å². The average Bonchev–Trinajstić information content (AvgIpc) is 1.55. The number of hydrogen-bond acceptors (Lipinski definition) is 17. The third kappa shape index (κ3) is 13.1. The van der Waals surface area contributed by atoms with Gasteiger partial charge in [-0.05, 0) is 198 Å². The number of fused-ring (bicyclic) bond motifs is 28. The van der Waals surface area contributed by atoms with E-state index < -0.39 is 26.8 Å². The average molecular weight is 1900 g/mol. The summed E-state index contributed by atoms with van der Waals surface area (Å²) < 4.78 is 91.0. The van der Waals surface area contributed by atoms with Crippen LogP contribution in [0.15, 0.2) is 330 Å². The van der Waals surface area contributed by atoms with Gasteiger partial charge >= 0.3 is 0 Å². The highest BCUT2D eigenvalue weighted by Gasteiger charge is 2.45. The fourth-order valence-electron chi connectivity index (χ4n) is 24.9. The van der Waals surface area contributed by atoms with E-state index in [0.29, 0.717) is 0 Å². The van der Waals surface area contributed by atoms with Crippen LogP contribution in [0.5, 0.6) is 0 Å². The van der Waals surface area contributed by atoms with Gasteiger partial charge in [0.1, 0.15) is 60.0 Å². The van der Waals surface area contributed by atoms with Crippen LogP contribution in [-0.4, -0.2) is 118 Å². The molecule has 0 bridgehead atoms. The zero-order chi connectivity index (χ0) is 106. The molecule has 30 rings (SSSR count). The number of nitrogens with zero attached hydrogens (tertiary/aromatic N) is 22. The number of imidazole rings is 5. The van der Waals surface area contributed by atoms with Gasteiger partial charge in [0.25, 0.3) is 0 Å². The number of hydrogen-bond donors (Lipinski definition) is 0. The van der Waals surface area contributed by atoms with Crippen LogP contribution in [0.4, 0.5) is 74.2 Å². The summed E-state index contributed by atoms with van der Waals surface area (Å²) in [5.41, 5.74) is 30.4. The van der Waals surface area contributed by atoms with Crippen LogP contribution in [0.25, 0.3) is 82.3 Å². The molecule has 1 unspecified atom stereocenters. The SMILES string of the molecule is Cc1c(N2c3cccnc3N(c3ccccc3)[C@@H]2C)c2c(c3ccccc13)-n1ccnc1C2.Cc1c(N2c3cccnc3N(c3ccccc3)[C@@H]2C)c2c(c3ccccc13)-n1ccnc1C2.[2H]C([2H])([2H])C([2H])(C)N1C=CN(c2c3c(c4ccccc4c2C)-n2ccnc2C3)[C@H]1C.[2H]C([2H])([2H])N1C=CN(c2c3c(c4ccccc4c2C)-n2ccnc2C3)[C@H]1C.[2H]C([2H])([2H])N1c2ccccc2N(c2c3c(c4ccccc4c2C)-n2ccnc2C3)[C@H]1C. The van der Waals surface area contributed by atoms with Crippen LogP contribution in [0, 0.1) is 34.6 Å². The first kappa shape index (κ1) is 76.8. The highest BCUT2D eigenvalue weighted by atomic mass is 15.5. The lowest BCUT2D eigenvalue weighted by Gasteiger charge is -2.34. The number of pyridine rings is 2. The van der Waals surface area contributed by atoms with Crippen molar-refractivity contribution in [3.05, 3.63) is 414 Å². The van der Waals surface area contributed by atoms with Crippen molar-refractivity contribution in [3.8, 4) is 28.4 Å². The summed E-state index contributed by atoms with van der Waals surface area (Å²) in [7, 11) is 0. The van der Waals surface area contributed by atoms with Crippen molar-refractivity contribution in [3.63, 3.8) is 0 Å². The molecule has 22 heteroatoms. The molecule has 144 heavy (non-hydrogen) atoms. The molecular weight excluding hydrogens is 1770 g/mol. The molecule has 0 aliphatic carbocycles. The van der Waals surface area contributed by atoms with Gasteiger partial charge in [0.2, 0.25) is 0 Å². The van der Waals surface area contributed by atoms with Crippen molar-refractivity contribution in [2.24, 2.45) is 0 Å². The Kier molecular flexibility index (Phi) is 18.1. The van der Waals surface area contributed by atoms with Crippen LogP contribution in [0.2, 0.25) is 0 Å². The van der Waals surface area contributed by atoms with E-state index in [9.17, 15) is 0 Å². The van der Waals surface area contributed by atoms with E-state index >= 15 is 0 Å². The van der Waals surface area contributed by atoms with Crippen LogP contribution in [0.3, 0.4) is 0 Å². The second kappa shape index (κ2) is 33.9. The number of benzene rings is 13. The highest BCUT2D eigenvalue weighted by Crippen LogP contribution is 2.58. The topological polar surface area (TPSA) is 147 Å². The summed E-state index contributed by atoms with van der Waals surface area (Å²) in [4.78, 5) is 53.2. The first-order chi connectivity index (χ1) is 74.4. The molecule has 13 aromatic carbocycles. The van der Waals surface area contributed by atoms with E-state index in [2.05, 4.69) is 325 Å². The van der Waals surface area contributed by atoms with Gasteiger partial charge in [0.05, 0.1) is 81.0 Å². The molecule has 0 N–H and O–H groups in total. The lowest BCUT2D eigenvalue weighted by molar-refractivity contribution is 0.263. The monoisotopic (exact) mass is 1900 g/mol. The minimum atomic E-state index is -2.43. The molecule has 10 aliphatic rings. The highest BCUT2D eigenvalue weighted by molar-refractivity contribution is 6.08. The Morgan fingerprint density at radius 2 is 0.569 bits per heavy atom. The lowest BCUT2D eigenvalue weighted by Crippen LogP contribution is -2.40. The molecule has 17 heterocycles. The molecule has 7 aromatic heterocycles. The number of rotatable bonds is 8. The first-order valence-corrected chi connectivity index (χ1v) is 49.5. The summed E-state index contributed by atoms with van der Waals surface area (Å²) >= 11 is 0. The van der Waals surface area contributed by atoms with Gasteiger partial charge in [-0.25, -0.2) is 34.9 Å². The van der Waals surface area contributed by atoms with E-state index in [4.69, 9.17) is 23.7 Å². The summed E-state index contributed by atoms with van der Waals surface area (Å²) in [6.45, 7) is 15.9. The van der Waals surface area contributed by atoms with Crippen LogP contribution >= 0.6 is 0 Å². The molecule has 22 nitrogen and oxygen atoms in total. The minimum absolute atomic E-state index is 0.0779. The summed E-state index contributed by atoms with van der Waals surface area (Å²) in [6.07, 6.45) is 33.6. The van der Waals surface area contributed by atoms with Gasteiger partial charge in [-0.3, -0.25) is 0 Å². The van der Waals surface area contributed by atoms with Gasteiger partial charge in [-0.2, -0.15) is 0 Å². The Bertz CT molecular complexity index is 8900. The second-order valence-corrected chi connectivity index (χ2v) is 38.7. The third-order valence-electron chi connectivity index (χ3n) is 31.3. The largest absolute Gasteiger partial charge is 0.359 e. The molecule has 0 saturated carbocycles. The van der Waals surface area contributed by atoms with Crippen LogP contribution in [0.1, 0.15) is 147 Å². The Morgan fingerprint density at radius 1 is 0.271 bits per heavy atom. The van der Waals surface area contributed by atoms with Gasteiger partial charge in [0, 0.05) is 230 Å². The van der Waals surface area contributed by atoms with E-state index in [1.165, 1.54) is 128 Å². The smallest absolute Gasteiger partial charge is 0.158 e. The fraction of sp³-hybridized carbons (Fsp3) is 0.205. The molecule has 0 amide bonds. The Hall–Kier alpha value is -17.0. The van der Waals surface area contributed by atoms with Crippen molar-refractivity contribution in [2.75, 3.05) is 53.2 Å².